The highest BCUT2D eigenvalue weighted by atomic mass is 32.1. The number of carbonyl (C=O) groups is 1. The highest BCUT2D eigenvalue weighted by molar-refractivity contribution is 7.13. The number of carboxylic acid groups (broad SMARTS) is 1. The molecule has 0 atom stereocenters. The van der Waals surface area contributed by atoms with E-state index in [1.165, 1.54) is 11.3 Å². The number of aromatic nitrogens is 1. The first-order chi connectivity index (χ1) is 12.2. The van der Waals surface area contributed by atoms with Crippen LogP contribution in [-0.2, 0) is 11.2 Å². The van der Waals surface area contributed by atoms with Gasteiger partial charge in [0.1, 0.15) is 10.8 Å². The molecule has 5 heteroatoms. The summed E-state index contributed by atoms with van der Waals surface area (Å²) in [6, 6.07) is 17.4. The van der Waals surface area contributed by atoms with Gasteiger partial charge >= 0.3 is 5.97 Å². The van der Waals surface area contributed by atoms with Crippen LogP contribution in [0.2, 0.25) is 0 Å². The molecule has 0 spiro atoms. The average molecular weight is 351 g/mol. The van der Waals surface area contributed by atoms with Gasteiger partial charge in [-0.15, -0.1) is 11.3 Å². The summed E-state index contributed by atoms with van der Waals surface area (Å²) in [6.07, 6.45) is 3.83. The van der Waals surface area contributed by atoms with Gasteiger partial charge in [0, 0.05) is 10.4 Å². The van der Waals surface area contributed by atoms with Crippen LogP contribution in [0.5, 0.6) is 5.75 Å². The lowest BCUT2D eigenvalue weighted by atomic mass is 10.1. The van der Waals surface area contributed by atoms with Crippen LogP contribution in [0.4, 0.5) is 0 Å². The number of hydrogen-bond donors (Lipinski definition) is 1. The molecular formula is C20H17NO3S. The first-order valence-corrected chi connectivity index (χ1v) is 8.56. The third-order valence-electron chi connectivity index (χ3n) is 3.61. The Morgan fingerprint density at radius 3 is 2.48 bits per heavy atom. The standard InChI is InChI=1S/C20H17NO3S/c1-24-16-10-7-14(8-11-16)9-12-18-21-20(15-5-3-2-4-6-15)17(25-18)13-19(22)23/h2-12H,13H2,1H3,(H,22,23)/b12-9+. The highest BCUT2D eigenvalue weighted by Crippen LogP contribution is 2.30. The van der Waals surface area contributed by atoms with Crippen LogP contribution in [0.15, 0.2) is 54.6 Å². The minimum atomic E-state index is -0.855. The Bertz CT molecular complexity index is 883. The maximum atomic E-state index is 11.2. The zero-order valence-electron chi connectivity index (χ0n) is 13.7. The molecule has 1 N–H and O–H groups in total. The van der Waals surface area contributed by atoms with Gasteiger partial charge in [0.05, 0.1) is 19.2 Å². The molecule has 3 aromatic rings. The molecule has 0 unspecified atom stereocenters. The van der Waals surface area contributed by atoms with Gasteiger partial charge in [-0.1, -0.05) is 48.5 Å². The molecule has 0 saturated carbocycles. The fraction of sp³-hybridized carbons (Fsp3) is 0.100. The van der Waals surface area contributed by atoms with Crippen LogP contribution >= 0.6 is 11.3 Å². The van der Waals surface area contributed by atoms with Crippen molar-refractivity contribution in [2.24, 2.45) is 0 Å². The minimum absolute atomic E-state index is 0.0295. The first-order valence-electron chi connectivity index (χ1n) is 7.75. The van der Waals surface area contributed by atoms with Gasteiger partial charge in [-0.3, -0.25) is 4.79 Å². The summed E-state index contributed by atoms with van der Waals surface area (Å²) in [5.74, 6) is -0.0481. The maximum absolute atomic E-state index is 11.2. The van der Waals surface area contributed by atoms with Gasteiger partial charge in [0.2, 0.25) is 0 Å². The molecule has 0 saturated heterocycles. The summed E-state index contributed by atoms with van der Waals surface area (Å²) in [6.45, 7) is 0. The van der Waals surface area contributed by atoms with E-state index in [9.17, 15) is 4.79 Å². The fourth-order valence-corrected chi connectivity index (χ4v) is 3.38. The van der Waals surface area contributed by atoms with Gasteiger partial charge in [-0.2, -0.15) is 0 Å². The lowest BCUT2D eigenvalue weighted by molar-refractivity contribution is -0.136. The number of ether oxygens (including phenoxy) is 1. The molecule has 0 aliphatic heterocycles. The second-order valence-electron chi connectivity index (χ2n) is 5.37. The Hall–Kier alpha value is -2.92. The summed E-state index contributed by atoms with van der Waals surface area (Å²) in [7, 11) is 1.63. The Morgan fingerprint density at radius 2 is 1.84 bits per heavy atom. The molecule has 0 radical (unpaired) electrons. The predicted molar refractivity (Wildman–Crippen MR) is 101 cm³/mol. The van der Waals surface area contributed by atoms with Gasteiger partial charge in [0.25, 0.3) is 0 Å². The van der Waals surface area contributed by atoms with Crippen molar-refractivity contribution in [2.45, 2.75) is 6.42 Å². The van der Waals surface area contributed by atoms with Crippen LogP contribution in [0.3, 0.4) is 0 Å². The molecule has 2 aromatic carbocycles. The SMILES string of the molecule is COc1ccc(/C=C/c2nc(-c3ccccc3)c(CC(=O)O)s2)cc1. The second kappa shape index (κ2) is 7.77. The van der Waals surface area contributed by atoms with E-state index in [-0.39, 0.29) is 6.42 Å². The van der Waals surface area contributed by atoms with E-state index in [1.54, 1.807) is 7.11 Å². The topological polar surface area (TPSA) is 59.4 Å². The molecule has 0 fully saturated rings. The monoisotopic (exact) mass is 351 g/mol. The number of hydrogen-bond acceptors (Lipinski definition) is 4. The van der Waals surface area contributed by atoms with Crippen LogP contribution < -0.4 is 4.74 Å². The minimum Gasteiger partial charge on any atom is -0.497 e. The Morgan fingerprint density at radius 1 is 1.12 bits per heavy atom. The molecule has 0 bridgehead atoms. The normalized spacial score (nSPS) is 10.9. The van der Waals surface area contributed by atoms with Crippen molar-refractivity contribution in [1.29, 1.82) is 0 Å². The lowest BCUT2D eigenvalue weighted by Gasteiger charge is -1.99. The highest BCUT2D eigenvalue weighted by Gasteiger charge is 2.14. The van der Waals surface area contributed by atoms with Crippen LogP contribution in [0.1, 0.15) is 15.4 Å². The summed E-state index contributed by atoms with van der Waals surface area (Å²) in [5, 5.41) is 9.94. The van der Waals surface area contributed by atoms with Crippen LogP contribution in [-0.4, -0.2) is 23.2 Å². The molecule has 1 aromatic heterocycles. The molecule has 0 amide bonds. The van der Waals surface area contributed by atoms with Crippen molar-refractivity contribution < 1.29 is 14.6 Å². The van der Waals surface area contributed by atoms with Crippen molar-refractivity contribution in [2.75, 3.05) is 7.11 Å². The number of carboxylic acids is 1. The van der Waals surface area contributed by atoms with E-state index in [1.807, 2.05) is 66.7 Å². The largest absolute Gasteiger partial charge is 0.497 e. The third kappa shape index (κ3) is 4.33. The molecule has 4 nitrogen and oxygen atoms in total. The number of rotatable bonds is 6. The number of nitrogens with zero attached hydrogens (tertiary/aromatic N) is 1. The number of thiazole rings is 1. The van der Waals surface area contributed by atoms with Crippen molar-refractivity contribution in [1.82, 2.24) is 4.98 Å². The number of benzene rings is 2. The van der Waals surface area contributed by atoms with Crippen molar-refractivity contribution in [3.8, 4) is 17.0 Å². The van der Waals surface area contributed by atoms with Crippen molar-refractivity contribution in [3.05, 3.63) is 70.0 Å². The molecule has 25 heavy (non-hydrogen) atoms. The Labute approximate surface area is 150 Å². The summed E-state index contributed by atoms with van der Waals surface area (Å²) in [5.41, 5.74) is 2.69. The van der Waals surface area contributed by atoms with Gasteiger partial charge < -0.3 is 9.84 Å². The zero-order chi connectivity index (χ0) is 17.6. The molecule has 126 valence electrons. The zero-order valence-corrected chi connectivity index (χ0v) is 14.5. The van der Waals surface area contributed by atoms with Crippen LogP contribution in [0.25, 0.3) is 23.4 Å². The quantitative estimate of drug-likeness (QED) is 0.704. The third-order valence-corrected chi connectivity index (χ3v) is 4.63. The fourth-order valence-electron chi connectivity index (χ4n) is 2.40. The van der Waals surface area contributed by atoms with E-state index in [0.29, 0.717) is 0 Å². The van der Waals surface area contributed by atoms with E-state index in [2.05, 4.69) is 4.98 Å². The Kier molecular flexibility index (Phi) is 5.26. The van der Waals surface area contributed by atoms with Crippen LogP contribution in [0, 0.1) is 0 Å². The number of methoxy groups -OCH3 is 1. The van der Waals surface area contributed by atoms with Crippen molar-refractivity contribution in [3.63, 3.8) is 0 Å². The summed E-state index contributed by atoms with van der Waals surface area (Å²) >= 11 is 1.41. The molecular weight excluding hydrogens is 334 g/mol. The maximum Gasteiger partial charge on any atom is 0.308 e. The second-order valence-corrected chi connectivity index (χ2v) is 6.48. The summed E-state index contributed by atoms with van der Waals surface area (Å²) in [4.78, 5) is 16.5. The van der Waals surface area contributed by atoms with Gasteiger partial charge in [-0.25, -0.2) is 4.98 Å². The number of aliphatic carboxylic acids is 1. The smallest absolute Gasteiger partial charge is 0.308 e. The van der Waals surface area contributed by atoms with Gasteiger partial charge in [0.15, 0.2) is 0 Å². The summed E-state index contributed by atoms with van der Waals surface area (Å²) < 4.78 is 5.15. The van der Waals surface area contributed by atoms with Crippen molar-refractivity contribution >= 4 is 29.5 Å². The molecule has 3 rings (SSSR count). The van der Waals surface area contributed by atoms with Gasteiger partial charge in [-0.05, 0) is 23.8 Å². The first kappa shape index (κ1) is 16.9. The van der Waals surface area contributed by atoms with E-state index >= 15 is 0 Å². The molecule has 0 aliphatic rings. The average Bonchev–Trinajstić information content (AvgIpc) is 3.03. The molecule has 1 heterocycles. The van der Waals surface area contributed by atoms with E-state index < -0.39 is 5.97 Å². The predicted octanol–water partition coefficient (Wildman–Crippen LogP) is 4.62. The van der Waals surface area contributed by atoms with E-state index in [0.717, 1.165) is 32.5 Å². The Balaban J connectivity index is 1.89. The lowest BCUT2D eigenvalue weighted by Crippen LogP contribution is -1.99. The molecule has 0 aliphatic carbocycles. The van der Waals surface area contributed by atoms with E-state index in [4.69, 9.17) is 9.84 Å².